The number of halogens is 3. The highest BCUT2D eigenvalue weighted by Gasteiger charge is 2.54. The summed E-state index contributed by atoms with van der Waals surface area (Å²) >= 11 is 3.38. The van der Waals surface area contributed by atoms with Crippen LogP contribution in [0.25, 0.3) is 0 Å². The number of hydrogen-bond donors (Lipinski definition) is 1. The summed E-state index contributed by atoms with van der Waals surface area (Å²) in [5, 5.41) is 0. The third-order valence-corrected chi connectivity index (χ3v) is 5.27. The van der Waals surface area contributed by atoms with Crippen LogP contribution in [0.5, 0.6) is 5.75 Å². The number of carbonyl (C=O) groups is 1. The fraction of sp³-hybridized carbons (Fsp3) is 0.222. The zero-order valence-corrected chi connectivity index (χ0v) is 15.3. The summed E-state index contributed by atoms with van der Waals surface area (Å²) in [5.74, 6) is -1.85. The second-order valence-corrected chi connectivity index (χ2v) is 7.20. The van der Waals surface area contributed by atoms with E-state index >= 15 is 0 Å². The molecular weight excluding hydrogens is 408 g/mol. The highest BCUT2D eigenvalue weighted by Crippen LogP contribution is 2.50. The van der Waals surface area contributed by atoms with Crippen molar-refractivity contribution in [2.75, 3.05) is 7.05 Å². The third-order valence-electron chi connectivity index (χ3n) is 4.77. The summed E-state index contributed by atoms with van der Waals surface area (Å²) in [5.41, 5.74) is 5.12. The fourth-order valence-corrected chi connectivity index (χ4v) is 3.81. The molecular formula is C18H14BrF2N3O2. The van der Waals surface area contributed by atoms with Gasteiger partial charge in [-0.05, 0) is 24.3 Å². The molecule has 1 spiro atoms. The van der Waals surface area contributed by atoms with Crippen molar-refractivity contribution in [1.29, 1.82) is 0 Å². The van der Waals surface area contributed by atoms with Gasteiger partial charge in [-0.1, -0.05) is 28.1 Å². The van der Waals surface area contributed by atoms with Crippen LogP contribution in [-0.4, -0.2) is 23.8 Å². The van der Waals surface area contributed by atoms with Crippen molar-refractivity contribution in [3.63, 3.8) is 0 Å². The number of aliphatic imine (C=N–C) groups is 1. The molecule has 2 N–H and O–H groups in total. The van der Waals surface area contributed by atoms with Crippen molar-refractivity contribution in [3.05, 3.63) is 63.6 Å². The first-order valence-corrected chi connectivity index (χ1v) is 8.67. The van der Waals surface area contributed by atoms with Gasteiger partial charge in [-0.15, -0.1) is 0 Å². The molecule has 2 aromatic rings. The van der Waals surface area contributed by atoms with Crippen LogP contribution in [0.15, 0.2) is 45.9 Å². The second-order valence-electron chi connectivity index (χ2n) is 6.29. The number of carbonyl (C=O) groups excluding carboxylic acids is 1. The van der Waals surface area contributed by atoms with E-state index in [1.165, 1.54) is 24.1 Å². The summed E-state index contributed by atoms with van der Waals surface area (Å²) in [6.07, 6.45) is -0.868. The topological polar surface area (TPSA) is 67.9 Å². The normalized spacial score (nSPS) is 24.5. The molecule has 1 amide bonds. The average molecular weight is 422 g/mol. The van der Waals surface area contributed by atoms with E-state index in [1.54, 1.807) is 18.2 Å². The lowest BCUT2D eigenvalue weighted by Gasteiger charge is -2.37. The summed E-state index contributed by atoms with van der Waals surface area (Å²) in [6.45, 7) is 0. The molecule has 2 atom stereocenters. The number of ether oxygens (including phenoxy) is 1. The molecule has 0 radical (unpaired) electrons. The Kier molecular flexibility index (Phi) is 3.76. The number of fused-ring (bicyclic) bond motifs is 2. The minimum Gasteiger partial charge on any atom is -0.485 e. The lowest BCUT2D eigenvalue weighted by Crippen LogP contribution is -2.43. The van der Waals surface area contributed by atoms with Gasteiger partial charge in [-0.2, -0.15) is 0 Å². The molecule has 2 aliphatic heterocycles. The molecule has 2 aromatic carbocycles. The van der Waals surface area contributed by atoms with E-state index in [9.17, 15) is 13.6 Å². The van der Waals surface area contributed by atoms with Gasteiger partial charge in [0.25, 0.3) is 5.91 Å². The van der Waals surface area contributed by atoms with Crippen molar-refractivity contribution in [1.82, 2.24) is 4.90 Å². The lowest BCUT2D eigenvalue weighted by molar-refractivity contribution is -0.132. The van der Waals surface area contributed by atoms with Gasteiger partial charge in [0.15, 0.2) is 23.1 Å². The molecule has 5 nitrogen and oxygen atoms in total. The van der Waals surface area contributed by atoms with E-state index in [4.69, 9.17) is 10.5 Å². The van der Waals surface area contributed by atoms with E-state index in [-0.39, 0.29) is 23.9 Å². The van der Waals surface area contributed by atoms with E-state index in [0.29, 0.717) is 11.3 Å². The van der Waals surface area contributed by atoms with Crippen molar-refractivity contribution >= 4 is 27.8 Å². The zero-order chi connectivity index (χ0) is 18.6. The molecule has 0 bridgehead atoms. The molecule has 2 heterocycles. The summed E-state index contributed by atoms with van der Waals surface area (Å²) < 4.78 is 34.7. The van der Waals surface area contributed by atoms with Gasteiger partial charge in [0.2, 0.25) is 0 Å². The molecule has 0 aromatic heterocycles. The molecule has 0 aliphatic carbocycles. The summed E-state index contributed by atoms with van der Waals surface area (Å²) in [6, 6.07) is 9.03. The molecule has 0 fully saturated rings. The minimum absolute atomic E-state index is 0.0146. The third kappa shape index (κ3) is 2.32. The van der Waals surface area contributed by atoms with Gasteiger partial charge in [-0.25, -0.2) is 13.8 Å². The Morgan fingerprint density at radius 2 is 2.12 bits per heavy atom. The number of guanidine groups is 1. The Morgan fingerprint density at radius 3 is 2.81 bits per heavy atom. The maximum Gasteiger partial charge on any atom is 0.261 e. The Balaban J connectivity index is 1.91. The maximum absolute atomic E-state index is 14.3. The maximum atomic E-state index is 14.3. The van der Waals surface area contributed by atoms with E-state index in [2.05, 4.69) is 20.9 Å². The van der Waals surface area contributed by atoms with Gasteiger partial charge in [0.1, 0.15) is 11.9 Å². The van der Waals surface area contributed by atoms with Crippen LogP contribution in [0.3, 0.4) is 0 Å². The number of nitrogens with zero attached hydrogens (tertiary/aromatic N) is 2. The Morgan fingerprint density at radius 1 is 1.35 bits per heavy atom. The molecule has 8 heteroatoms. The predicted octanol–water partition coefficient (Wildman–Crippen LogP) is 3.23. The number of likely N-dealkylation sites (N-methyl/N-ethyl adjacent to an activating group) is 1. The summed E-state index contributed by atoms with van der Waals surface area (Å²) in [7, 11) is 1.53. The quantitative estimate of drug-likeness (QED) is 0.768. The monoisotopic (exact) mass is 421 g/mol. The zero-order valence-electron chi connectivity index (χ0n) is 13.7. The van der Waals surface area contributed by atoms with Crippen molar-refractivity contribution in [2.45, 2.75) is 18.1 Å². The number of rotatable bonds is 1. The molecule has 2 unspecified atom stereocenters. The molecule has 26 heavy (non-hydrogen) atoms. The average Bonchev–Trinajstić information content (AvgIpc) is 2.82. The van der Waals surface area contributed by atoms with Gasteiger partial charge >= 0.3 is 0 Å². The first-order valence-electron chi connectivity index (χ1n) is 7.87. The molecule has 0 saturated carbocycles. The number of benzene rings is 2. The predicted molar refractivity (Wildman–Crippen MR) is 94.6 cm³/mol. The molecule has 134 valence electrons. The summed E-state index contributed by atoms with van der Waals surface area (Å²) in [4.78, 5) is 18.7. The van der Waals surface area contributed by atoms with E-state index < -0.39 is 23.3 Å². The van der Waals surface area contributed by atoms with Crippen LogP contribution in [0.4, 0.5) is 8.78 Å². The van der Waals surface area contributed by atoms with Gasteiger partial charge in [-0.3, -0.25) is 9.69 Å². The van der Waals surface area contributed by atoms with Crippen LogP contribution in [0.2, 0.25) is 0 Å². The standard InChI is InChI=1S/C18H14BrF2N3O2/c1-24-16(25)18(23-17(24)22)8-14(10-3-2-4-12(20)15(10)21)26-13-6-5-9(19)7-11(13)18/h2-7,14H,8H2,1H3,(H2,22,23). The Hall–Kier alpha value is -2.48. The number of hydrogen-bond acceptors (Lipinski definition) is 4. The van der Waals surface area contributed by atoms with Crippen molar-refractivity contribution < 1.29 is 18.3 Å². The SMILES string of the molecule is CN1C(=O)C2(CC(c3cccc(F)c3F)Oc3ccc(Br)cc32)N=C1N. The smallest absolute Gasteiger partial charge is 0.261 e. The van der Waals surface area contributed by atoms with Crippen LogP contribution in [0, 0.1) is 11.6 Å². The van der Waals surface area contributed by atoms with Crippen LogP contribution in [0.1, 0.15) is 23.7 Å². The lowest BCUT2D eigenvalue weighted by atomic mass is 9.80. The largest absolute Gasteiger partial charge is 0.485 e. The van der Waals surface area contributed by atoms with E-state index in [0.717, 1.165) is 10.5 Å². The minimum atomic E-state index is -1.33. The van der Waals surface area contributed by atoms with Crippen LogP contribution in [-0.2, 0) is 10.3 Å². The highest BCUT2D eigenvalue weighted by molar-refractivity contribution is 9.10. The van der Waals surface area contributed by atoms with Crippen LogP contribution < -0.4 is 10.5 Å². The highest BCUT2D eigenvalue weighted by atomic mass is 79.9. The first kappa shape index (κ1) is 17.0. The molecule has 2 aliphatic rings. The van der Waals surface area contributed by atoms with E-state index in [1.807, 2.05) is 0 Å². The number of nitrogens with two attached hydrogens (primary N) is 1. The van der Waals surface area contributed by atoms with Crippen molar-refractivity contribution in [3.8, 4) is 5.75 Å². The van der Waals surface area contributed by atoms with Gasteiger partial charge in [0.05, 0.1) is 0 Å². The first-order chi connectivity index (χ1) is 12.3. The van der Waals surface area contributed by atoms with Gasteiger partial charge in [0, 0.05) is 29.1 Å². The Labute approximate surface area is 156 Å². The van der Waals surface area contributed by atoms with Crippen LogP contribution >= 0.6 is 15.9 Å². The van der Waals surface area contributed by atoms with Crippen molar-refractivity contribution in [2.24, 2.45) is 10.7 Å². The second kappa shape index (κ2) is 5.77. The van der Waals surface area contributed by atoms with Gasteiger partial charge < -0.3 is 10.5 Å². The Bertz CT molecular complexity index is 965. The number of amides is 1. The molecule has 0 saturated heterocycles. The molecule has 4 rings (SSSR count). The fourth-order valence-electron chi connectivity index (χ4n) is 3.45.